The van der Waals surface area contributed by atoms with Crippen molar-refractivity contribution in [2.75, 3.05) is 5.32 Å². The van der Waals surface area contributed by atoms with Crippen LogP contribution >= 0.6 is 0 Å². The van der Waals surface area contributed by atoms with Gasteiger partial charge < -0.3 is 10.3 Å². The first-order chi connectivity index (χ1) is 14.3. The lowest BCUT2D eigenvalue weighted by Gasteiger charge is -2.29. The normalized spacial score (nSPS) is 12.4. The average Bonchev–Trinajstić information content (AvgIpc) is 2.72. The van der Waals surface area contributed by atoms with E-state index in [-0.39, 0.29) is 17.0 Å². The lowest BCUT2D eigenvalue weighted by molar-refractivity contribution is 0.359. The van der Waals surface area contributed by atoms with Gasteiger partial charge in [0.1, 0.15) is 5.82 Å². The Morgan fingerprint density at radius 1 is 0.967 bits per heavy atom. The van der Waals surface area contributed by atoms with E-state index in [9.17, 15) is 4.79 Å². The van der Waals surface area contributed by atoms with Crippen LogP contribution in [0.3, 0.4) is 0 Å². The SMILES string of the molecule is CC(Nc1nc2cc[nH]c(=O)c2c2cc(C#Cc3ccccc3)ccc12)C(C)(C)C. The number of aromatic amines is 1. The molecule has 4 nitrogen and oxygen atoms in total. The molecule has 0 aliphatic rings. The molecule has 0 bridgehead atoms. The third kappa shape index (κ3) is 3.92. The first kappa shape index (κ1) is 19.7. The molecule has 0 fully saturated rings. The Morgan fingerprint density at radius 2 is 1.70 bits per heavy atom. The summed E-state index contributed by atoms with van der Waals surface area (Å²) in [5.74, 6) is 7.19. The number of fused-ring (bicyclic) bond motifs is 3. The van der Waals surface area contributed by atoms with E-state index >= 15 is 0 Å². The van der Waals surface area contributed by atoms with Gasteiger partial charge in [-0.3, -0.25) is 4.79 Å². The van der Waals surface area contributed by atoms with Crippen LogP contribution < -0.4 is 10.9 Å². The first-order valence-corrected chi connectivity index (χ1v) is 10.1. The van der Waals surface area contributed by atoms with Crippen LogP contribution in [0.15, 0.2) is 65.6 Å². The zero-order valence-electron chi connectivity index (χ0n) is 17.7. The van der Waals surface area contributed by atoms with Gasteiger partial charge in [0.05, 0.1) is 10.9 Å². The molecule has 1 atom stereocenters. The van der Waals surface area contributed by atoms with E-state index in [0.29, 0.717) is 10.9 Å². The van der Waals surface area contributed by atoms with Crippen molar-refractivity contribution in [2.45, 2.75) is 33.7 Å². The predicted molar refractivity (Wildman–Crippen MR) is 125 cm³/mol. The van der Waals surface area contributed by atoms with Crippen LogP contribution in [0.5, 0.6) is 0 Å². The van der Waals surface area contributed by atoms with Crippen molar-refractivity contribution in [3.8, 4) is 11.8 Å². The highest BCUT2D eigenvalue weighted by atomic mass is 16.1. The fourth-order valence-corrected chi connectivity index (χ4v) is 3.24. The molecular formula is C26H25N3O. The number of H-pyrrole nitrogens is 1. The fourth-order valence-electron chi connectivity index (χ4n) is 3.24. The summed E-state index contributed by atoms with van der Waals surface area (Å²) in [6, 6.07) is 17.9. The molecule has 1 unspecified atom stereocenters. The Hall–Kier alpha value is -3.58. The Balaban J connectivity index is 1.90. The summed E-state index contributed by atoms with van der Waals surface area (Å²) in [6.45, 7) is 8.72. The minimum atomic E-state index is -0.145. The molecule has 0 spiro atoms. The van der Waals surface area contributed by atoms with Gasteiger partial charge in [0.25, 0.3) is 5.56 Å². The van der Waals surface area contributed by atoms with E-state index in [0.717, 1.165) is 27.7 Å². The van der Waals surface area contributed by atoms with Crippen LogP contribution in [-0.2, 0) is 0 Å². The van der Waals surface area contributed by atoms with Crippen molar-refractivity contribution in [3.05, 3.63) is 82.3 Å². The molecule has 2 aromatic heterocycles. The van der Waals surface area contributed by atoms with Crippen molar-refractivity contribution >= 4 is 27.5 Å². The molecule has 150 valence electrons. The van der Waals surface area contributed by atoms with E-state index in [1.54, 1.807) is 6.20 Å². The lowest BCUT2D eigenvalue weighted by atomic mass is 9.88. The third-order valence-corrected chi connectivity index (χ3v) is 5.49. The smallest absolute Gasteiger partial charge is 0.258 e. The Bertz CT molecular complexity index is 1340. The van der Waals surface area contributed by atoms with Gasteiger partial charge in [-0.2, -0.15) is 0 Å². The van der Waals surface area contributed by atoms with Gasteiger partial charge in [-0.15, -0.1) is 0 Å². The number of aromatic nitrogens is 2. The second kappa shape index (κ2) is 7.68. The quantitative estimate of drug-likeness (QED) is 0.357. The Labute approximate surface area is 176 Å². The van der Waals surface area contributed by atoms with Gasteiger partial charge in [-0.25, -0.2) is 4.98 Å². The second-order valence-corrected chi connectivity index (χ2v) is 8.64. The van der Waals surface area contributed by atoms with E-state index in [1.165, 1.54) is 0 Å². The minimum absolute atomic E-state index is 0.0677. The van der Waals surface area contributed by atoms with E-state index in [1.807, 2.05) is 54.6 Å². The van der Waals surface area contributed by atoms with Crippen LogP contribution in [0.25, 0.3) is 21.7 Å². The monoisotopic (exact) mass is 395 g/mol. The topological polar surface area (TPSA) is 57.8 Å². The van der Waals surface area contributed by atoms with Gasteiger partial charge in [0.2, 0.25) is 0 Å². The molecule has 0 aliphatic carbocycles. The van der Waals surface area contributed by atoms with E-state index in [4.69, 9.17) is 4.98 Å². The molecule has 0 saturated heterocycles. The summed E-state index contributed by atoms with van der Waals surface area (Å²) in [5.41, 5.74) is 2.41. The number of benzene rings is 2. The van der Waals surface area contributed by atoms with Gasteiger partial charge in [-0.1, -0.05) is 50.8 Å². The molecule has 2 aromatic carbocycles. The maximum Gasteiger partial charge on any atom is 0.258 e. The van der Waals surface area contributed by atoms with Crippen molar-refractivity contribution < 1.29 is 0 Å². The van der Waals surface area contributed by atoms with Gasteiger partial charge in [0.15, 0.2) is 0 Å². The van der Waals surface area contributed by atoms with E-state index in [2.05, 4.69) is 49.8 Å². The summed E-state index contributed by atoms with van der Waals surface area (Å²) in [4.78, 5) is 20.2. The molecule has 30 heavy (non-hydrogen) atoms. The maximum atomic E-state index is 12.6. The van der Waals surface area contributed by atoms with Crippen LogP contribution in [-0.4, -0.2) is 16.0 Å². The lowest BCUT2D eigenvalue weighted by Crippen LogP contribution is -2.31. The summed E-state index contributed by atoms with van der Waals surface area (Å²) in [5, 5.41) is 5.91. The second-order valence-electron chi connectivity index (χ2n) is 8.64. The van der Waals surface area contributed by atoms with Gasteiger partial charge in [-0.05, 0) is 48.7 Å². The number of hydrogen-bond donors (Lipinski definition) is 2. The highest BCUT2D eigenvalue weighted by Crippen LogP contribution is 2.31. The summed E-state index contributed by atoms with van der Waals surface area (Å²) >= 11 is 0. The van der Waals surface area contributed by atoms with Gasteiger partial charge in [0, 0.05) is 34.1 Å². The Morgan fingerprint density at radius 3 is 2.43 bits per heavy atom. The van der Waals surface area contributed by atoms with E-state index < -0.39 is 0 Å². The average molecular weight is 396 g/mol. The minimum Gasteiger partial charge on any atom is -0.367 e. The maximum absolute atomic E-state index is 12.6. The van der Waals surface area contributed by atoms with Crippen LogP contribution in [0.2, 0.25) is 0 Å². The fraction of sp³-hybridized carbons (Fsp3) is 0.231. The number of nitrogens with zero attached hydrogens (tertiary/aromatic N) is 1. The van der Waals surface area contributed by atoms with Crippen LogP contribution in [0.4, 0.5) is 5.82 Å². The number of rotatable bonds is 2. The molecule has 4 aromatic rings. The molecular weight excluding hydrogens is 370 g/mol. The molecule has 0 amide bonds. The van der Waals surface area contributed by atoms with Gasteiger partial charge >= 0.3 is 0 Å². The van der Waals surface area contributed by atoms with Crippen molar-refractivity contribution in [2.24, 2.45) is 5.41 Å². The molecule has 4 rings (SSSR count). The summed E-state index contributed by atoms with van der Waals surface area (Å²) in [6.07, 6.45) is 1.64. The molecule has 0 saturated carbocycles. The Kier molecular flexibility index (Phi) is 5.05. The molecule has 4 heteroatoms. The standard InChI is InChI=1S/C26H25N3O/c1-17(26(2,3)4)28-24-20-13-12-19(11-10-18-8-6-5-7-9-18)16-21(20)23-22(29-24)14-15-27-25(23)30/h5-9,12-17H,1-4H3,(H,27,30)(H,28,29). The summed E-state index contributed by atoms with van der Waals surface area (Å²) < 4.78 is 0. The van der Waals surface area contributed by atoms with Crippen LogP contribution in [0.1, 0.15) is 38.8 Å². The molecule has 2 N–H and O–H groups in total. The molecule has 0 radical (unpaired) electrons. The van der Waals surface area contributed by atoms with Crippen molar-refractivity contribution in [1.29, 1.82) is 0 Å². The predicted octanol–water partition coefficient (Wildman–Crippen LogP) is 5.32. The summed E-state index contributed by atoms with van der Waals surface area (Å²) in [7, 11) is 0. The number of anilines is 1. The molecule has 2 heterocycles. The molecule has 0 aliphatic heterocycles. The third-order valence-electron chi connectivity index (χ3n) is 5.49. The van der Waals surface area contributed by atoms with Crippen LogP contribution in [0, 0.1) is 17.3 Å². The number of hydrogen-bond acceptors (Lipinski definition) is 3. The zero-order valence-corrected chi connectivity index (χ0v) is 17.7. The highest BCUT2D eigenvalue weighted by molar-refractivity contribution is 6.10. The highest BCUT2D eigenvalue weighted by Gasteiger charge is 2.21. The number of pyridine rings is 2. The van der Waals surface area contributed by atoms with Crippen molar-refractivity contribution in [1.82, 2.24) is 9.97 Å². The first-order valence-electron chi connectivity index (χ1n) is 10.1. The van der Waals surface area contributed by atoms with Crippen molar-refractivity contribution in [3.63, 3.8) is 0 Å². The zero-order chi connectivity index (χ0) is 21.3. The number of nitrogens with one attached hydrogen (secondary N) is 2. The largest absolute Gasteiger partial charge is 0.367 e.